The van der Waals surface area contributed by atoms with Gasteiger partial charge in [-0.25, -0.2) is 9.18 Å². The number of hydrogen-bond donors (Lipinski definition) is 3. The van der Waals surface area contributed by atoms with Gasteiger partial charge in [0.05, 0.1) is 0 Å². The smallest absolute Gasteiger partial charge is 0.319 e. The topological polar surface area (TPSA) is 61.4 Å². The third-order valence-electron chi connectivity index (χ3n) is 2.62. The lowest BCUT2D eigenvalue weighted by Gasteiger charge is -2.17. The quantitative estimate of drug-likeness (QED) is 0.752. The fraction of sp³-hybridized carbons (Fsp3) is 0.462. The summed E-state index contributed by atoms with van der Waals surface area (Å²) >= 11 is 1.60. The summed E-state index contributed by atoms with van der Waals surface area (Å²) in [5.74, 6) is 0.403. The molecule has 0 heterocycles. The molecule has 0 aliphatic heterocycles. The van der Waals surface area contributed by atoms with Crippen molar-refractivity contribution in [3.8, 4) is 0 Å². The number of halogens is 1. The number of anilines is 1. The van der Waals surface area contributed by atoms with E-state index in [4.69, 9.17) is 5.11 Å². The van der Waals surface area contributed by atoms with Gasteiger partial charge in [-0.2, -0.15) is 11.8 Å². The first kappa shape index (κ1) is 15.8. The fourth-order valence-corrected chi connectivity index (χ4v) is 2.32. The van der Waals surface area contributed by atoms with Crippen molar-refractivity contribution in [1.82, 2.24) is 5.32 Å². The molecule has 0 aliphatic rings. The SMILES string of the molecule is CSC[C@@H](CCO)NC(=O)Nc1ccc(F)cc1C. The Bertz CT molecular complexity index is 423. The summed E-state index contributed by atoms with van der Waals surface area (Å²) in [7, 11) is 0. The van der Waals surface area contributed by atoms with Crippen LogP contribution in [0.15, 0.2) is 18.2 Å². The number of hydrogen-bond acceptors (Lipinski definition) is 3. The maximum Gasteiger partial charge on any atom is 0.319 e. The molecule has 0 fully saturated rings. The molecule has 0 saturated carbocycles. The number of nitrogens with one attached hydrogen (secondary N) is 2. The Morgan fingerprint density at radius 2 is 2.26 bits per heavy atom. The van der Waals surface area contributed by atoms with E-state index in [2.05, 4.69) is 10.6 Å². The van der Waals surface area contributed by atoms with Crippen LogP contribution in [0.25, 0.3) is 0 Å². The lowest BCUT2D eigenvalue weighted by Crippen LogP contribution is -2.40. The van der Waals surface area contributed by atoms with Gasteiger partial charge in [-0.3, -0.25) is 0 Å². The van der Waals surface area contributed by atoms with Gasteiger partial charge in [-0.05, 0) is 43.4 Å². The van der Waals surface area contributed by atoms with Crippen molar-refractivity contribution in [3.05, 3.63) is 29.6 Å². The highest BCUT2D eigenvalue weighted by atomic mass is 32.2. The summed E-state index contributed by atoms with van der Waals surface area (Å²) in [6.45, 7) is 1.76. The number of aliphatic hydroxyl groups is 1. The molecule has 6 heteroatoms. The molecular weight excluding hydrogens is 267 g/mol. The van der Waals surface area contributed by atoms with Crippen LogP contribution in [0.4, 0.5) is 14.9 Å². The second-order valence-corrected chi connectivity index (χ2v) is 5.13. The van der Waals surface area contributed by atoms with Gasteiger partial charge in [0.15, 0.2) is 0 Å². The highest BCUT2D eigenvalue weighted by Gasteiger charge is 2.12. The molecule has 0 aliphatic carbocycles. The Balaban J connectivity index is 2.58. The summed E-state index contributed by atoms with van der Waals surface area (Å²) in [4.78, 5) is 11.8. The molecule has 1 rings (SSSR count). The normalized spacial score (nSPS) is 12.0. The second-order valence-electron chi connectivity index (χ2n) is 4.22. The second kappa shape index (κ2) is 8.01. The highest BCUT2D eigenvalue weighted by molar-refractivity contribution is 7.98. The Hall–Kier alpha value is -1.27. The molecule has 0 unspecified atom stereocenters. The predicted molar refractivity (Wildman–Crippen MR) is 77.2 cm³/mol. The highest BCUT2D eigenvalue weighted by Crippen LogP contribution is 2.15. The Morgan fingerprint density at radius 1 is 1.53 bits per heavy atom. The van der Waals surface area contributed by atoms with Crippen LogP contribution in [-0.2, 0) is 0 Å². The number of benzene rings is 1. The molecule has 0 bridgehead atoms. The van der Waals surface area contributed by atoms with Crippen LogP contribution in [0.1, 0.15) is 12.0 Å². The number of carbonyl (C=O) groups excluding carboxylic acids is 1. The van der Waals surface area contributed by atoms with Crippen LogP contribution in [0.5, 0.6) is 0 Å². The molecule has 0 spiro atoms. The summed E-state index contributed by atoms with van der Waals surface area (Å²) in [6, 6.07) is 3.76. The molecule has 0 aromatic heterocycles. The van der Waals surface area contributed by atoms with E-state index < -0.39 is 0 Å². The van der Waals surface area contributed by atoms with Gasteiger partial charge in [0.2, 0.25) is 0 Å². The van der Waals surface area contributed by atoms with E-state index in [-0.39, 0.29) is 24.5 Å². The van der Waals surface area contributed by atoms with Gasteiger partial charge in [0.1, 0.15) is 5.82 Å². The van der Waals surface area contributed by atoms with Gasteiger partial charge < -0.3 is 15.7 Å². The van der Waals surface area contributed by atoms with Gasteiger partial charge in [-0.15, -0.1) is 0 Å². The van der Waals surface area contributed by atoms with Gasteiger partial charge in [0.25, 0.3) is 0 Å². The molecule has 2 amide bonds. The number of thioether (sulfide) groups is 1. The number of aryl methyl sites for hydroxylation is 1. The number of carbonyl (C=O) groups is 1. The molecular formula is C13H19FN2O2S. The van der Waals surface area contributed by atoms with Crippen LogP contribution in [0.3, 0.4) is 0 Å². The maximum absolute atomic E-state index is 12.9. The van der Waals surface area contributed by atoms with Crippen molar-refractivity contribution < 1.29 is 14.3 Å². The van der Waals surface area contributed by atoms with E-state index in [1.54, 1.807) is 18.7 Å². The minimum atomic E-state index is -0.345. The predicted octanol–water partition coefficient (Wildman–Crippen LogP) is 2.37. The zero-order valence-electron chi connectivity index (χ0n) is 11.1. The zero-order valence-corrected chi connectivity index (χ0v) is 11.9. The Morgan fingerprint density at radius 3 is 2.84 bits per heavy atom. The van der Waals surface area contributed by atoms with E-state index in [1.807, 2.05) is 6.26 Å². The maximum atomic E-state index is 12.9. The van der Waals surface area contributed by atoms with Crippen LogP contribution in [-0.4, -0.2) is 35.8 Å². The Labute approximate surface area is 116 Å². The van der Waals surface area contributed by atoms with Gasteiger partial charge >= 0.3 is 6.03 Å². The van der Waals surface area contributed by atoms with Crippen molar-refractivity contribution >= 4 is 23.5 Å². The van der Waals surface area contributed by atoms with Crippen LogP contribution in [0.2, 0.25) is 0 Å². The lowest BCUT2D eigenvalue weighted by molar-refractivity contribution is 0.241. The summed E-state index contributed by atoms with van der Waals surface area (Å²) < 4.78 is 12.9. The van der Waals surface area contributed by atoms with Crippen LogP contribution >= 0.6 is 11.8 Å². The molecule has 1 aromatic rings. The summed E-state index contributed by atoms with van der Waals surface area (Å²) in [5, 5.41) is 14.4. The summed E-state index contributed by atoms with van der Waals surface area (Å²) in [6.07, 6.45) is 2.45. The van der Waals surface area contributed by atoms with Crippen LogP contribution in [0, 0.1) is 12.7 Å². The molecule has 1 atom stereocenters. The van der Waals surface area contributed by atoms with E-state index in [0.29, 0.717) is 17.7 Å². The zero-order chi connectivity index (χ0) is 14.3. The van der Waals surface area contributed by atoms with Crippen LogP contribution < -0.4 is 10.6 Å². The fourth-order valence-electron chi connectivity index (χ4n) is 1.67. The van der Waals surface area contributed by atoms with E-state index >= 15 is 0 Å². The molecule has 4 nitrogen and oxygen atoms in total. The molecule has 0 saturated heterocycles. The standard InChI is InChI=1S/C13H19FN2O2S/c1-9-7-10(14)3-4-12(9)16-13(18)15-11(5-6-17)8-19-2/h3-4,7,11,17H,5-6,8H2,1-2H3,(H2,15,16,18)/t11-/m1/s1. The molecule has 1 aromatic carbocycles. The number of rotatable bonds is 6. The van der Waals surface area contributed by atoms with Crippen molar-refractivity contribution in [2.45, 2.75) is 19.4 Å². The van der Waals surface area contributed by atoms with E-state index in [9.17, 15) is 9.18 Å². The largest absolute Gasteiger partial charge is 0.396 e. The average Bonchev–Trinajstić information content (AvgIpc) is 2.33. The van der Waals surface area contributed by atoms with Crippen molar-refractivity contribution in [1.29, 1.82) is 0 Å². The van der Waals surface area contributed by atoms with Gasteiger partial charge in [-0.1, -0.05) is 0 Å². The Kier molecular flexibility index (Phi) is 6.66. The minimum Gasteiger partial charge on any atom is -0.396 e. The summed E-state index contributed by atoms with van der Waals surface area (Å²) in [5.41, 5.74) is 1.24. The van der Waals surface area contributed by atoms with Gasteiger partial charge in [0, 0.05) is 24.1 Å². The number of urea groups is 1. The molecule has 0 radical (unpaired) electrons. The number of amides is 2. The van der Waals surface area contributed by atoms with Crippen molar-refractivity contribution in [3.63, 3.8) is 0 Å². The first-order valence-corrected chi connectivity index (χ1v) is 7.39. The number of aliphatic hydroxyl groups excluding tert-OH is 1. The minimum absolute atomic E-state index is 0.0289. The average molecular weight is 286 g/mol. The van der Waals surface area contributed by atoms with Crippen molar-refractivity contribution in [2.75, 3.05) is 23.9 Å². The van der Waals surface area contributed by atoms with Crippen molar-refractivity contribution in [2.24, 2.45) is 0 Å². The molecule has 3 N–H and O–H groups in total. The molecule has 106 valence electrons. The first-order valence-electron chi connectivity index (χ1n) is 6.00. The third kappa shape index (κ3) is 5.48. The lowest BCUT2D eigenvalue weighted by atomic mass is 10.2. The monoisotopic (exact) mass is 286 g/mol. The van der Waals surface area contributed by atoms with E-state index in [1.165, 1.54) is 18.2 Å². The first-order chi connectivity index (χ1) is 9.06. The third-order valence-corrected chi connectivity index (χ3v) is 3.35. The molecule has 19 heavy (non-hydrogen) atoms. The van der Waals surface area contributed by atoms with E-state index in [0.717, 1.165) is 5.75 Å².